The zero-order valence-corrected chi connectivity index (χ0v) is 16.9. The van der Waals surface area contributed by atoms with Crippen molar-refractivity contribution in [3.8, 4) is 5.75 Å². The van der Waals surface area contributed by atoms with Gasteiger partial charge in [-0.05, 0) is 32.0 Å². The first-order chi connectivity index (χ1) is 14.7. The van der Waals surface area contributed by atoms with E-state index in [9.17, 15) is 22.8 Å². The van der Waals surface area contributed by atoms with E-state index in [0.29, 0.717) is 28.8 Å². The van der Waals surface area contributed by atoms with Crippen LogP contribution in [0.1, 0.15) is 35.6 Å². The van der Waals surface area contributed by atoms with Crippen molar-refractivity contribution in [3.05, 3.63) is 53.5 Å². The number of aromatic nitrogens is 3. The second-order valence-corrected chi connectivity index (χ2v) is 6.59. The minimum atomic E-state index is -4.64. The molecule has 0 aliphatic rings. The Hall–Kier alpha value is -3.43. The molecule has 0 radical (unpaired) electrons. The predicted octanol–water partition coefficient (Wildman–Crippen LogP) is 3.84. The molecule has 0 fully saturated rings. The number of ether oxygens (including phenoxy) is 2. The molecule has 1 aromatic carbocycles. The van der Waals surface area contributed by atoms with Crippen LogP contribution in [0.2, 0.25) is 0 Å². The van der Waals surface area contributed by atoms with Gasteiger partial charge in [-0.3, -0.25) is 14.3 Å². The first-order valence-corrected chi connectivity index (χ1v) is 9.57. The van der Waals surface area contributed by atoms with Gasteiger partial charge in [0, 0.05) is 29.6 Å². The molecule has 7 nitrogen and oxygen atoms in total. The summed E-state index contributed by atoms with van der Waals surface area (Å²) < 4.78 is 50.6. The fourth-order valence-electron chi connectivity index (χ4n) is 3.01. The second-order valence-electron chi connectivity index (χ2n) is 6.59. The monoisotopic (exact) mass is 435 g/mol. The fourth-order valence-corrected chi connectivity index (χ4v) is 3.01. The van der Waals surface area contributed by atoms with Crippen molar-refractivity contribution in [3.63, 3.8) is 0 Å². The molecule has 3 aromatic rings. The maximum Gasteiger partial charge on any atom is 0.433 e. The Balaban J connectivity index is 1.90. The van der Waals surface area contributed by atoms with E-state index in [1.807, 2.05) is 0 Å². The van der Waals surface area contributed by atoms with Crippen LogP contribution >= 0.6 is 0 Å². The summed E-state index contributed by atoms with van der Waals surface area (Å²) in [5.41, 5.74) is -0.384. The summed E-state index contributed by atoms with van der Waals surface area (Å²) in [6.45, 7) is 3.97. The molecule has 164 valence electrons. The van der Waals surface area contributed by atoms with Crippen LogP contribution in [-0.4, -0.2) is 39.7 Å². The van der Waals surface area contributed by atoms with E-state index in [-0.39, 0.29) is 25.3 Å². The summed E-state index contributed by atoms with van der Waals surface area (Å²) in [5, 5.41) is 4.95. The molecule has 0 amide bonds. The molecule has 0 bridgehead atoms. The lowest BCUT2D eigenvalue weighted by Crippen LogP contribution is -2.13. The average Bonchev–Trinajstić information content (AvgIpc) is 3.08. The number of nitrogens with zero attached hydrogens (tertiary/aromatic N) is 3. The van der Waals surface area contributed by atoms with Crippen LogP contribution < -0.4 is 4.74 Å². The standard InChI is InChI=1S/C21H20F3N3O4/c1-3-30-18-10-16-14(11-27(26-16)12-20(29)31-4-2)8-13(18)9-17(28)15-6-5-7-19(25-15)21(22,23)24/h5-8,10-11H,3-4,9,12H2,1-2H3. The largest absolute Gasteiger partial charge is 0.494 e. The van der Waals surface area contributed by atoms with Crippen molar-refractivity contribution in [2.24, 2.45) is 0 Å². The molecule has 0 aliphatic carbocycles. The molecule has 31 heavy (non-hydrogen) atoms. The van der Waals surface area contributed by atoms with Gasteiger partial charge >= 0.3 is 12.1 Å². The van der Waals surface area contributed by atoms with Crippen molar-refractivity contribution >= 4 is 22.7 Å². The number of hydrogen-bond donors (Lipinski definition) is 0. The predicted molar refractivity (Wildman–Crippen MR) is 105 cm³/mol. The zero-order valence-electron chi connectivity index (χ0n) is 16.9. The number of pyridine rings is 1. The van der Waals surface area contributed by atoms with Gasteiger partial charge in [0.15, 0.2) is 5.78 Å². The van der Waals surface area contributed by atoms with Crippen LogP contribution in [0.25, 0.3) is 10.9 Å². The highest BCUT2D eigenvalue weighted by Gasteiger charge is 2.33. The van der Waals surface area contributed by atoms with E-state index in [1.54, 1.807) is 32.2 Å². The van der Waals surface area contributed by atoms with Crippen LogP contribution in [0.15, 0.2) is 36.5 Å². The molecule has 0 saturated carbocycles. The van der Waals surface area contributed by atoms with E-state index in [4.69, 9.17) is 9.47 Å². The molecule has 2 heterocycles. The maximum atomic E-state index is 12.9. The number of rotatable bonds is 8. The van der Waals surface area contributed by atoms with Gasteiger partial charge in [-0.25, -0.2) is 4.98 Å². The normalized spacial score (nSPS) is 11.5. The third-order valence-electron chi connectivity index (χ3n) is 4.31. The Morgan fingerprint density at radius 1 is 1.13 bits per heavy atom. The first-order valence-electron chi connectivity index (χ1n) is 9.57. The second kappa shape index (κ2) is 9.15. The van der Waals surface area contributed by atoms with E-state index < -0.39 is 23.6 Å². The highest BCUT2D eigenvalue weighted by atomic mass is 19.4. The summed E-state index contributed by atoms with van der Waals surface area (Å²) in [6.07, 6.45) is -3.22. The molecule has 0 aliphatic heterocycles. The molecule has 10 heteroatoms. The van der Waals surface area contributed by atoms with Crippen molar-refractivity contribution in [2.75, 3.05) is 13.2 Å². The topological polar surface area (TPSA) is 83.3 Å². The number of Topliss-reactive ketones (excluding diaryl/α,β-unsaturated/α-hetero) is 1. The molecule has 3 rings (SSSR count). The van der Waals surface area contributed by atoms with Crippen molar-refractivity contribution in [1.82, 2.24) is 14.8 Å². The minimum absolute atomic E-state index is 0.0745. The summed E-state index contributed by atoms with van der Waals surface area (Å²) in [6, 6.07) is 6.50. The summed E-state index contributed by atoms with van der Waals surface area (Å²) in [7, 11) is 0. The van der Waals surface area contributed by atoms with Gasteiger partial charge in [-0.15, -0.1) is 0 Å². The molecule has 2 aromatic heterocycles. The Kier molecular flexibility index (Phi) is 6.57. The van der Waals surface area contributed by atoms with E-state index in [0.717, 1.165) is 12.1 Å². The number of ketones is 1. The maximum absolute atomic E-state index is 12.9. The Morgan fingerprint density at radius 3 is 2.58 bits per heavy atom. The van der Waals surface area contributed by atoms with Gasteiger partial charge < -0.3 is 9.47 Å². The summed E-state index contributed by atoms with van der Waals surface area (Å²) in [4.78, 5) is 27.8. The van der Waals surface area contributed by atoms with Crippen molar-refractivity contribution < 1.29 is 32.2 Å². The van der Waals surface area contributed by atoms with Gasteiger partial charge in [0.1, 0.15) is 23.7 Å². The number of halogens is 3. The molecule has 0 saturated heterocycles. The zero-order chi connectivity index (χ0) is 22.6. The Bertz CT molecular complexity index is 1110. The van der Waals surface area contributed by atoms with Crippen LogP contribution in [0.4, 0.5) is 13.2 Å². The quantitative estimate of drug-likeness (QED) is 0.395. The molecule has 0 N–H and O–H groups in total. The van der Waals surface area contributed by atoms with Crippen LogP contribution in [-0.2, 0) is 28.7 Å². The Labute approximate surface area is 175 Å². The summed E-state index contributed by atoms with van der Waals surface area (Å²) in [5.74, 6) is -0.631. The van der Waals surface area contributed by atoms with Crippen LogP contribution in [0.3, 0.4) is 0 Å². The van der Waals surface area contributed by atoms with Crippen molar-refractivity contribution in [2.45, 2.75) is 33.0 Å². The number of carbonyl (C=O) groups excluding carboxylic acids is 2. The van der Waals surface area contributed by atoms with E-state index >= 15 is 0 Å². The highest BCUT2D eigenvalue weighted by Crippen LogP contribution is 2.29. The van der Waals surface area contributed by atoms with Crippen LogP contribution in [0, 0.1) is 0 Å². The first kappa shape index (κ1) is 22.3. The molecule has 0 unspecified atom stereocenters. The van der Waals surface area contributed by atoms with E-state index in [2.05, 4.69) is 10.1 Å². The molecule has 0 spiro atoms. The lowest BCUT2D eigenvalue weighted by molar-refractivity contribution is -0.144. The number of benzene rings is 1. The smallest absolute Gasteiger partial charge is 0.433 e. The molecule has 0 atom stereocenters. The average molecular weight is 435 g/mol. The minimum Gasteiger partial charge on any atom is -0.494 e. The number of esters is 1. The van der Waals surface area contributed by atoms with Crippen LogP contribution in [0.5, 0.6) is 5.75 Å². The fraction of sp³-hybridized carbons (Fsp3) is 0.333. The van der Waals surface area contributed by atoms with E-state index in [1.165, 1.54) is 10.7 Å². The van der Waals surface area contributed by atoms with Gasteiger partial charge in [0.25, 0.3) is 0 Å². The van der Waals surface area contributed by atoms with Gasteiger partial charge in [0.2, 0.25) is 0 Å². The lowest BCUT2D eigenvalue weighted by Gasteiger charge is -2.11. The Morgan fingerprint density at radius 2 is 1.90 bits per heavy atom. The summed E-state index contributed by atoms with van der Waals surface area (Å²) >= 11 is 0. The van der Waals surface area contributed by atoms with Gasteiger partial charge in [0.05, 0.1) is 18.7 Å². The molecular formula is C21H20F3N3O4. The third kappa shape index (κ3) is 5.39. The van der Waals surface area contributed by atoms with Gasteiger partial charge in [-0.1, -0.05) is 6.07 Å². The number of fused-ring (bicyclic) bond motifs is 1. The SMILES string of the molecule is CCOC(=O)Cn1cc2cc(CC(=O)c3cccc(C(F)(F)F)n3)c(OCC)cc2n1. The van der Waals surface area contributed by atoms with Gasteiger partial charge in [-0.2, -0.15) is 18.3 Å². The number of alkyl halides is 3. The highest BCUT2D eigenvalue weighted by molar-refractivity contribution is 5.97. The van der Waals surface area contributed by atoms with Crippen molar-refractivity contribution in [1.29, 1.82) is 0 Å². The number of carbonyl (C=O) groups is 2. The third-order valence-corrected chi connectivity index (χ3v) is 4.31. The molecular weight excluding hydrogens is 415 g/mol. The lowest BCUT2D eigenvalue weighted by atomic mass is 10.0. The number of hydrogen-bond acceptors (Lipinski definition) is 6.